The molecule has 0 spiro atoms. The topological polar surface area (TPSA) is 23.5 Å². The number of aliphatic hydroxyl groups excluding tert-OH is 1. The van der Waals surface area contributed by atoms with E-state index in [1.165, 1.54) is 10.8 Å². The van der Waals surface area contributed by atoms with E-state index in [1.807, 2.05) is 30.2 Å². The van der Waals surface area contributed by atoms with Crippen LogP contribution in [0.15, 0.2) is 42.5 Å². The first-order valence-electron chi connectivity index (χ1n) is 5.38. The average Bonchev–Trinajstić information content (AvgIpc) is 2.33. The zero-order chi connectivity index (χ0) is 11.1. The van der Waals surface area contributed by atoms with Gasteiger partial charge in [0.2, 0.25) is 0 Å². The zero-order valence-corrected chi connectivity index (χ0v) is 9.09. The predicted molar refractivity (Wildman–Crippen MR) is 67.4 cm³/mol. The van der Waals surface area contributed by atoms with Crippen LogP contribution >= 0.6 is 0 Å². The molecular formula is C14H13NO. The maximum Gasteiger partial charge on any atom is 0.146 e. The van der Waals surface area contributed by atoms with Crippen molar-refractivity contribution in [2.75, 3.05) is 11.9 Å². The SMILES string of the molecule is CN1c2c(ccc3ccccc23)C=CC1O. The van der Waals surface area contributed by atoms with Crippen LogP contribution in [0.4, 0.5) is 5.69 Å². The van der Waals surface area contributed by atoms with E-state index >= 15 is 0 Å². The standard InChI is InChI=1S/C14H13NO/c1-15-13(16)9-8-11-7-6-10-4-2-3-5-12(10)14(11)15/h2-9,13,16H,1H3. The molecule has 2 nitrogen and oxygen atoms in total. The van der Waals surface area contributed by atoms with Crippen molar-refractivity contribution in [3.05, 3.63) is 48.0 Å². The fourth-order valence-corrected chi connectivity index (χ4v) is 2.25. The number of fused-ring (bicyclic) bond motifs is 3. The van der Waals surface area contributed by atoms with Gasteiger partial charge in [-0.2, -0.15) is 0 Å². The van der Waals surface area contributed by atoms with E-state index in [-0.39, 0.29) is 0 Å². The molecule has 2 heteroatoms. The molecule has 3 rings (SSSR count). The zero-order valence-electron chi connectivity index (χ0n) is 9.09. The van der Waals surface area contributed by atoms with Gasteiger partial charge in [-0.25, -0.2) is 0 Å². The van der Waals surface area contributed by atoms with Crippen LogP contribution in [0.25, 0.3) is 16.8 Å². The Labute approximate surface area is 94.4 Å². The van der Waals surface area contributed by atoms with Gasteiger partial charge in [-0.05, 0) is 17.0 Å². The molecule has 2 aromatic carbocycles. The largest absolute Gasteiger partial charge is 0.370 e. The summed E-state index contributed by atoms with van der Waals surface area (Å²) < 4.78 is 0. The van der Waals surface area contributed by atoms with Crippen LogP contribution in [0.3, 0.4) is 0 Å². The summed E-state index contributed by atoms with van der Waals surface area (Å²) in [7, 11) is 1.92. The lowest BCUT2D eigenvalue weighted by Gasteiger charge is -2.29. The third-order valence-corrected chi connectivity index (χ3v) is 3.13. The van der Waals surface area contributed by atoms with Gasteiger partial charge < -0.3 is 10.0 Å². The Balaban J connectivity index is 2.37. The second-order valence-electron chi connectivity index (χ2n) is 4.11. The van der Waals surface area contributed by atoms with Gasteiger partial charge in [0, 0.05) is 12.4 Å². The highest BCUT2D eigenvalue weighted by Crippen LogP contribution is 2.34. The van der Waals surface area contributed by atoms with Gasteiger partial charge in [-0.15, -0.1) is 0 Å². The highest BCUT2D eigenvalue weighted by atomic mass is 16.3. The molecule has 0 radical (unpaired) electrons. The summed E-state index contributed by atoms with van der Waals surface area (Å²) in [4.78, 5) is 1.90. The molecule has 0 amide bonds. The molecule has 0 aliphatic carbocycles. The molecule has 2 aromatic rings. The maximum atomic E-state index is 9.82. The maximum absolute atomic E-state index is 9.82. The van der Waals surface area contributed by atoms with Gasteiger partial charge in [0.25, 0.3) is 0 Å². The third-order valence-electron chi connectivity index (χ3n) is 3.13. The van der Waals surface area contributed by atoms with E-state index in [0.29, 0.717) is 0 Å². The molecule has 0 fully saturated rings. The quantitative estimate of drug-likeness (QED) is 0.724. The highest BCUT2D eigenvalue weighted by molar-refractivity contribution is 5.99. The molecule has 0 saturated carbocycles. The fourth-order valence-electron chi connectivity index (χ4n) is 2.25. The van der Waals surface area contributed by atoms with Gasteiger partial charge >= 0.3 is 0 Å². The Morgan fingerprint density at radius 2 is 1.94 bits per heavy atom. The number of anilines is 1. The Morgan fingerprint density at radius 1 is 1.12 bits per heavy atom. The van der Waals surface area contributed by atoms with Crippen molar-refractivity contribution in [2.24, 2.45) is 0 Å². The molecule has 80 valence electrons. The number of nitrogens with zero attached hydrogens (tertiary/aromatic N) is 1. The van der Waals surface area contributed by atoms with Crippen molar-refractivity contribution < 1.29 is 5.11 Å². The Kier molecular flexibility index (Phi) is 1.98. The van der Waals surface area contributed by atoms with Crippen molar-refractivity contribution in [1.29, 1.82) is 0 Å². The molecule has 0 bridgehead atoms. The number of benzene rings is 2. The van der Waals surface area contributed by atoms with Crippen molar-refractivity contribution in [1.82, 2.24) is 0 Å². The van der Waals surface area contributed by atoms with Gasteiger partial charge in [-0.3, -0.25) is 0 Å². The van der Waals surface area contributed by atoms with E-state index in [0.717, 1.165) is 11.3 Å². The van der Waals surface area contributed by atoms with Crippen molar-refractivity contribution in [3.8, 4) is 0 Å². The summed E-state index contributed by atoms with van der Waals surface area (Å²) in [6.07, 6.45) is 3.25. The van der Waals surface area contributed by atoms with E-state index in [1.54, 1.807) is 6.08 Å². The molecule has 16 heavy (non-hydrogen) atoms. The average molecular weight is 211 g/mol. The number of hydrogen-bond donors (Lipinski definition) is 1. The summed E-state index contributed by atoms with van der Waals surface area (Å²) in [6.45, 7) is 0. The van der Waals surface area contributed by atoms with E-state index < -0.39 is 6.23 Å². The lowest BCUT2D eigenvalue weighted by atomic mass is 10.0. The number of hydrogen-bond acceptors (Lipinski definition) is 2. The molecule has 1 atom stereocenters. The Hall–Kier alpha value is -1.80. The fraction of sp³-hybridized carbons (Fsp3) is 0.143. The highest BCUT2D eigenvalue weighted by Gasteiger charge is 2.18. The van der Waals surface area contributed by atoms with Crippen LogP contribution in [0, 0.1) is 0 Å². The van der Waals surface area contributed by atoms with E-state index in [2.05, 4.69) is 24.3 Å². The minimum absolute atomic E-state index is 0.529. The molecule has 1 heterocycles. The summed E-state index contributed by atoms with van der Waals surface area (Å²) >= 11 is 0. The third kappa shape index (κ3) is 1.24. The lowest BCUT2D eigenvalue weighted by Crippen LogP contribution is -2.31. The smallest absolute Gasteiger partial charge is 0.146 e. The molecule has 1 aliphatic heterocycles. The van der Waals surface area contributed by atoms with Gasteiger partial charge in [0.1, 0.15) is 6.23 Å². The number of aliphatic hydroxyl groups is 1. The first-order valence-corrected chi connectivity index (χ1v) is 5.38. The van der Waals surface area contributed by atoms with Crippen LogP contribution in [-0.4, -0.2) is 18.4 Å². The van der Waals surface area contributed by atoms with Crippen LogP contribution in [0.5, 0.6) is 0 Å². The minimum atomic E-state index is -0.529. The minimum Gasteiger partial charge on any atom is -0.370 e. The molecular weight excluding hydrogens is 198 g/mol. The van der Waals surface area contributed by atoms with E-state index in [4.69, 9.17) is 0 Å². The normalized spacial score (nSPS) is 18.9. The number of rotatable bonds is 0. The van der Waals surface area contributed by atoms with Crippen molar-refractivity contribution in [2.45, 2.75) is 6.23 Å². The monoisotopic (exact) mass is 211 g/mol. The van der Waals surface area contributed by atoms with Gasteiger partial charge in [-0.1, -0.05) is 42.5 Å². The molecule has 0 saturated heterocycles. The van der Waals surface area contributed by atoms with Crippen LogP contribution in [0.2, 0.25) is 0 Å². The van der Waals surface area contributed by atoms with Crippen molar-refractivity contribution in [3.63, 3.8) is 0 Å². The lowest BCUT2D eigenvalue weighted by molar-refractivity contribution is 0.223. The first kappa shape index (κ1) is 9.43. The summed E-state index contributed by atoms with van der Waals surface area (Å²) in [5.74, 6) is 0. The molecule has 1 unspecified atom stereocenters. The van der Waals surface area contributed by atoms with Crippen LogP contribution in [0.1, 0.15) is 5.56 Å². The van der Waals surface area contributed by atoms with Gasteiger partial charge in [0.15, 0.2) is 0 Å². The Bertz CT molecular complexity index is 574. The van der Waals surface area contributed by atoms with Gasteiger partial charge in [0.05, 0.1) is 5.69 Å². The Morgan fingerprint density at radius 3 is 2.81 bits per heavy atom. The summed E-state index contributed by atoms with van der Waals surface area (Å²) in [6, 6.07) is 12.5. The second kappa shape index (κ2) is 3.35. The summed E-state index contributed by atoms with van der Waals surface area (Å²) in [5, 5.41) is 12.2. The van der Waals surface area contributed by atoms with E-state index in [9.17, 15) is 5.11 Å². The van der Waals surface area contributed by atoms with Crippen LogP contribution < -0.4 is 4.90 Å². The predicted octanol–water partition coefficient (Wildman–Crippen LogP) is 2.62. The summed E-state index contributed by atoms with van der Waals surface area (Å²) in [5.41, 5.74) is 2.26. The molecule has 0 aromatic heterocycles. The number of likely N-dealkylation sites (N-methyl/N-ethyl adjacent to an activating group) is 1. The molecule has 1 N–H and O–H groups in total. The molecule has 1 aliphatic rings. The second-order valence-corrected chi connectivity index (χ2v) is 4.11. The van der Waals surface area contributed by atoms with Crippen molar-refractivity contribution >= 4 is 22.5 Å². The van der Waals surface area contributed by atoms with Crippen LogP contribution in [-0.2, 0) is 0 Å². The first-order chi connectivity index (χ1) is 7.77.